The SMILES string of the molecule is C=CCOc1cccc(F)c1-c1nc2nc(N3CCOCC3)nc(N3CCNC[C@H]3C)c2cc1C. The topological polar surface area (TPSA) is 75.6 Å². The number of aryl methyl sites for hydroxylation is 1. The van der Waals surface area contributed by atoms with E-state index in [1.807, 2.05) is 13.0 Å². The van der Waals surface area contributed by atoms with Gasteiger partial charge in [0.2, 0.25) is 5.95 Å². The van der Waals surface area contributed by atoms with Crippen LogP contribution < -0.4 is 19.9 Å². The van der Waals surface area contributed by atoms with E-state index in [2.05, 4.69) is 28.6 Å². The number of piperazine rings is 1. The molecule has 0 spiro atoms. The third-order valence-corrected chi connectivity index (χ3v) is 6.48. The van der Waals surface area contributed by atoms with Crippen LogP contribution in [0.1, 0.15) is 12.5 Å². The van der Waals surface area contributed by atoms with Crippen LogP contribution in [0.3, 0.4) is 0 Å². The predicted octanol–water partition coefficient (Wildman–Crippen LogP) is 3.34. The summed E-state index contributed by atoms with van der Waals surface area (Å²) in [5.74, 6) is 1.53. The van der Waals surface area contributed by atoms with Crippen molar-refractivity contribution in [2.24, 2.45) is 0 Å². The molecule has 2 fully saturated rings. The Bertz CT molecular complexity index is 1230. The molecule has 2 saturated heterocycles. The molecule has 1 aromatic carbocycles. The highest BCUT2D eigenvalue weighted by Gasteiger charge is 2.26. The summed E-state index contributed by atoms with van der Waals surface area (Å²) in [5.41, 5.74) is 2.22. The van der Waals surface area contributed by atoms with Crippen molar-refractivity contribution in [3.63, 3.8) is 0 Å². The van der Waals surface area contributed by atoms with Crippen molar-refractivity contribution >= 4 is 22.8 Å². The molecule has 1 N–H and O–H groups in total. The molecule has 0 unspecified atom stereocenters. The number of hydrogen-bond donors (Lipinski definition) is 1. The largest absolute Gasteiger partial charge is 0.489 e. The van der Waals surface area contributed by atoms with Crippen LogP contribution in [-0.4, -0.2) is 73.5 Å². The Hall–Kier alpha value is -3.30. The van der Waals surface area contributed by atoms with Crippen molar-refractivity contribution in [3.8, 4) is 17.0 Å². The van der Waals surface area contributed by atoms with Gasteiger partial charge in [0, 0.05) is 38.8 Å². The van der Waals surface area contributed by atoms with Gasteiger partial charge < -0.3 is 24.6 Å². The number of halogens is 1. The first-order chi connectivity index (χ1) is 17.1. The van der Waals surface area contributed by atoms with Gasteiger partial charge in [-0.15, -0.1) is 0 Å². The Morgan fingerprint density at radius 2 is 2.06 bits per heavy atom. The maximum Gasteiger partial charge on any atom is 0.229 e. The highest BCUT2D eigenvalue weighted by Crippen LogP contribution is 2.37. The maximum atomic E-state index is 15.1. The highest BCUT2D eigenvalue weighted by molar-refractivity contribution is 5.91. The van der Waals surface area contributed by atoms with Crippen LogP contribution in [0.15, 0.2) is 36.9 Å². The summed E-state index contributed by atoms with van der Waals surface area (Å²) < 4.78 is 26.4. The molecular formula is C26H31FN6O2. The van der Waals surface area contributed by atoms with Crippen LogP contribution in [0.25, 0.3) is 22.3 Å². The van der Waals surface area contributed by atoms with E-state index in [1.165, 1.54) is 6.07 Å². The summed E-state index contributed by atoms with van der Waals surface area (Å²) in [5, 5.41) is 4.30. The molecule has 0 amide bonds. The second-order valence-corrected chi connectivity index (χ2v) is 8.93. The highest BCUT2D eigenvalue weighted by atomic mass is 19.1. The van der Waals surface area contributed by atoms with E-state index in [4.69, 9.17) is 24.4 Å². The second kappa shape index (κ2) is 10.1. The number of fused-ring (bicyclic) bond motifs is 1. The summed E-state index contributed by atoms with van der Waals surface area (Å²) in [6.45, 7) is 13.4. The van der Waals surface area contributed by atoms with Gasteiger partial charge in [0.25, 0.3) is 0 Å². The summed E-state index contributed by atoms with van der Waals surface area (Å²) in [6, 6.07) is 7.10. The zero-order valence-electron chi connectivity index (χ0n) is 20.3. The Kier molecular flexibility index (Phi) is 6.79. The Morgan fingerprint density at radius 1 is 1.23 bits per heavy atom. The lowest BCUT2D eigenvalue weighted by atomic mass is 10.0. The fourth-order valence-electron chi connectivity index (χ4n) is 4.66. The van der Waals surface area contributed by atoms with Crippen LogP contribution in [0.4, 0.5) is 16.2 Å². The average molecular weight is 479 g/mol. The Labute approximate surface area is 204 Å². The zero-order valence-corrected chi connectivity index (χ0v) is 20.3. The first-order valence-electron chi connectivity index (χ1n) is 12.1. The minimum Gasteiger partial charge on any atom is -0.489 e. The monoisotopic (exact) mass is 478 g/mol. The first kappa shape index (κ1) is 23.4. The normalized spacial score (nSPS) is 18.7. The second-order valence-electron chi connectivity index (χ2n) is 8.93. The van der Waals surface area contributed by atoms with Crippen molar-refractivity contribution in [2.45, 2.75) is 19.9 Å². The number of ether oxygens (including phenoxy) is 2. The molecule has 2 aliphatic rings. The molecule has 35 heavy (non-hydrogen) atoms. The minimum absolute atomic E-state index is 0.268. The van der Waals surface area contributed by atoms with Crippen LogP contribution in [0.2, 0.25) is 0 Å². The summed E-state index contributed by atoms with van der Waals surface area (Å²) in [6.07, 6.45) is 1.64. The zero-order chi connectivity index (χ0) is 24.4. The number of nitrogens with one attached hydrogen (secondary N) is 1. The van der Waals surface area contributed by atoms with Gasteiger partial charge in [-0.25, -0.2) is 9.37 Å². The quantitative estimate of drug-likeness (QED) is 0.541. The van der Waals surface area contributed by atoms with E-state index in [0.29, 0.717) is 54.9 Å². The molecule has 0 bridgehead atoms. The maximum absolute atomic E-state index is 15.1. The lowest BCUT2D eigenvalue weighted by Gasteiger charge is -2.36. The Balaban J connectivity index is 1.69. The number of aromatic nitrogens is 3. The van der Waals surface area contributed by atoms with Gasteiger partial charge in [-0.1, -0.05) is 18.7 Å². The van der Waals surface area contributed by atoms with Crippen molar-refractivity contribution in [3.05, 3.63) is 48.3 Å². The smallest absolute Gasteiger partial charge is 0.229 e. The van der Waals surface area contributed by atoms with E-state index in [1.54, 1.807) is 18.2 Å². The number of nitrogens with zero attached hydrogens (tertiary/aromatic N) is 5. The molecule has 1 atom stereocenters. The van der Waals surface area contributed by atoms with Crippen LogP contribution in [-0.2, 0) is 4.74 Å². The van der Waals surface area contributed by atoms with E-state index in [9.17, 15) is 0 Å². The first-order valence-corrected chi connectivity index (χ1v) is 12.1. The fourth-order valence-corrected chi connectivity index (χ4v) is 4.66. The van der Waals surface area contributed by atoms with E-state index in [0.717, 1.165) is 36.4 Å². The van der Waals surface area contributed by atoms with Gasteiger partial charge in [-0.2, -0.15) is 9.97 Å². The number of hydrogen-bond acceptors (Lipinski definition) is 8. The van der Waals surface area contributed by atoms with Gasteiger partial charge in [-0.05, 0) is 37.6 Å². The molecule has 0 saturated carbocycles. The number of pyridine rings is 1. The van der Waals surface area contributed by atoms with Gasteiger partial charge in [0.1, 0.15) is 24.0 Å². The molecule has 5 rings (SSSR count). The van der Waals surface area contributed by atoms with Gasteiger partial charge >= 0.3 is 0 Å². The lowest BCUT2D eigenvalue weighted by molar-refractivity contribution is 0.122. The van der Waals surface area contributed by atoms with Crippen LogP contribution >= 0.6 is 0 Å². The van der Waals surface area contributed by atoms with Gasteiger partial charge in [0.15, 0.2) is 5.65 Å². The molecule has 3 aromatic rings. The molecule has 2 aromatic heterocycles. The molecule has 8 nitrogen and oxygen atoms in total. The number of morpholine rings is 1. The Morgan fingerprint density at radius 3 is 2.83 bits per heavy atom. The molecule has 184 valence electrons. The summed E-state index contributed by atoms with van der Waals surface area (Å²) in [4.78, 5) is 19.2. The number of anilines is 2. The van der Waals surface area contributed by atoms with Crippen molar-refractivity contribution in [1.29, 1.82) is 0 Å². The van der Waals surface area contributed by atoms with Crippen LogP contribution in [0, 0.1) is 12.7 Å². The minimum atomic E-state index is -0.389. The lowest BCUT2D eigenvalue weighted by Crippen LogP contribution is -2.50. The molecular weight excluding hydrogens is 447 g/mol. The standard InChI is InChI=1S/C26H31FN6O2/c1-4-12-35-21-7-5-6-20(27)22(21)23-17(2)15-19-24(29-23)30-26(32-10-13-34-14-11-32)31-25(19)33-9-8-28-16-18(33)3/h4-7,15,18,28H,1,8-14,16H2,2-3H3/t18-/m1/s1. The summed E-state index contributed by atoms with van der Waals surface area (Å²) >= 11 is 0. The molecule has 9 heteroatoms. The van der Waals surface area contributed by atoms with Crippen molar-refractivity contribution in [2.75, 3.05) is 62.3 Å². The summed E-state index contributed by atoms with van der Waals surface area (Å²) in [7, 11) is 0. The van der Waals surface area contributed by atoms with Crippen molar-refractivity contribution < 1.29 is 13.9 Å². The van der Waals surface area contributed by atoms with Crippen molar-refractivity contribution in [1.82, 2.24) is 20.3 Å². The number of benzene rings is 1. The molecule has 0 radical (unpaired) electrons. The third kappa shape index (κ3) is 4.66. The molecule has 2 aliphatic heterocycles. The van der Waals surface area contributed by atoms with E-state index >= 15 is 4.39 Å². The van der Waals surface area contributed by atoms with E-state index in [-0.39, 0.29) is 18.5 Å². The van der Waals surface area contributed by atoms with Gasteiger partial charge in [-0.3, -0.25) is 0 Å². The fraction of sp³-hybridized carbons (Fsp3) is 0.423. The molecule has 4 heterocycles. The van der Waals surface area contributed by atoms with Gasteiger partial charge in [0.05, 0.1) is 29.9 Å². The van der Waals surface area contributed by atoms with Crippen LogP contribution in [0.5, 0.6) is 5.75 Å². The predicted molar refractivity (Wildman–Crippen MR) is 136 cm³/mol. The molecule has 0 aliphatic carbocycles. The van der Waals surface area contributed by atoms with E-state index < -0.39 is 0 Å². The average Bonchev–Trinajstić information content (AvgIpc) is 2.88. The third-order valence-electron chi connectivity index (χ3n) is 6.48. The number of rotatable bonds is 6.